The average molecular weight is 382 g/mol. The largest absolute Gasteiger partial charge is 0.383 e. The molecular formula is C23H22N6. The van der Waals surface area contributed by atoms with Crippen molar-refractivity contribution in [3.05, 3.63) is 83.8 Å². The molecule has 2 aromatic carbocycles. The van der Waals surface area contributed by atoms with E-state index in [2.05, 4.69) is 67.7 Å². The molecule has 0 radical (unpaired) electrons. The first kappa shape index (κ1) is 17.3. The Labute approximate surface area is 168 Å². The smallest absolute Gasteiger partial charge is 0.224 e. The maximum Gasteiger partial charge on any atom is 0.224 e. The molecule has 0 aliphatic carbocycles. The summed E-state index contributed by atoms with van der Waals surface area (Å²) in [6, 6.07) is 18.9. The lowest BCUT2D eigenvalue weighted by Gasteiger charge is -2.08. The summed E-state index contributed by atoms with van der Waals surface area (Å²) in [6.07, 6.45) is 5.43. The molecule has 0 unspecified atom stereocenters. The minimum atomic E-state index is 0.527. The monoisotopic (exact) mass is 382 g/mol. The fraction of sp³-hybridized carbons (Fsp3) is 0.130. The van der Waals surface area contributed by atoms with Gasteiger partial charge in [0, 0.05) is 41.2 Å². The molecule has 0 spiro atoms. The van der Waals surface area contributed by atoms with Crippen molar-refractivity contribution in [3.63, 3.8) is 0 Å². The van der Waals surface area contributed by atoms with Gasteiger partial charge in [0.05, 0.1) is 0 Å². The zero-order valence-electron chi connectivity index (χ0n) is 15.9. The summed E-state index contributed by atoms with van der Waals surface area (Å²) in [4.78, 5) is 15.5. The second kappa shape index (κ2) is 7.31. The number of hydrogen-bond donors (Lipinski definition) is 4. The lowest BCUT2D eigenvalue weighted by molar-refractivity contribution is 0.911. The minimum absolute atomic E-state index is 0.527. The third kappa shape index (κ3) is 3.65. The van der Waals surface area contributed by atoms with E-state index in [0.29, 0.717) is 18.3 Å². The van der Waals surface area contributed by atoms with Crippen LogP contribution < -0.4 is 11.1 Å². The number of fused-ring (bicyclic) bond motifs is 2. The number of anilines is 2. The quantitative estimate of drug-likeness (QED) is 0.350. The van der Waals surface area contributed by atoms with Crippen molar-refractivity contribution in [3.8, 4) is 0 Å². The number of nitrogens with two attached hydrogens (primary N) is 1. The van der Waals surface area contributed by atoms with Gasteiger partial charge in [-0.1, -0.05) is 24.3 Å². The molecule has 0 aliphatic rings. The van der Waals surface area contributed by atoms with Crippen molar-refractivity contribution in [2.45, 2.75) is 19.4 Å². The number of benzene rings is 2. The van der Waals surface area contributed by atoms with Crippen LogP contribution in [-0.4, -0.2) is 19.9 Å². The van der Waals surface area contributed by atoms with Crippen molar-refractivity contribution < 1.29 is 0 Å². The number of aryl methyl sites for hydroxylation is 2. The Morgan fingerprint density at radius 1 is 0.931 bits per heavy atom. The molecule has 5 rings (SSSR count). The molecule has 0 aliphatic heterocycles. The van der Waals surface area contributed by atoms with Gasteiger partial charge in [-0.2, -0.15) is 4.98 Å². The van der Waals surface area contributed by atoms with Crippen molar-refractivity contribution >= 4 is 33.6 Å². The highest BCUT2D eigenvalue weighted by atomic mass is 15.1. The maximum absolute atomic E-state index is 6.18. The fourth-order valence-electron chi connectivity index (χ4n) is 3.63. The summed E-state index contributed by atoms with van der Waals surface area (Å²) in [5.74, 6) is 1.07. The van der Waals surface area contributed by atoms with Gasteiger partial charge in [0.1, 0.15) is 5.82 Å². The fourth-order valence-corrected chi connectivity index (χ4v) is 3.63. The van der Waals surface area contributed by atoms with Gasteiger partial charge in [0.2, 0.25) is 5.95 Å². The van der Waals surface area contributed by atoms with Crippen molar-refractivity contribution in [1.82, 2.24) is 19.9 Å². The van der Waals surface area contributed by atoms with E-state index in [1.54, 1.807) is 0 Å². The predicted octanol–water partition coefficient (Wildman–Crippen LogP) is 4.42. The molecule has 0 amide bonds. The zero-order chi connectivity index (χ0) is 19.6. The van der Waals surface area contributed by atoms with Crippen LogP contribution in [0.3, 0.4) is 0 Å². The maximum atomic E-state index is 6.18. The van der Waals surface area contributed by atoms with Gasteiger partial charge in [-0.15, -0.1) is 0 Å². The Bertz CT molecular complexity index is 1250. The number of H-pyrrole nitrogens is 2. The van der Waals surface area contributed by atoms with E-state index in [1.165, 1.54) is 22.0 Å². The van der Waals surface area contributed by atoms with Crippen LogP contribution in [-0.2, 0) is 19.4 Å². The van der Waals surface area contributed by atoms with E-state index in [4.69, 9.17) is 5.73 Å². The molecule has 0 bridgehead atoms. The lowest BCUT2D eigenvalue weighted by atomic mass is 10.1. The molecule has 0 saturated carbocycles. The topological polar surface area (TPSA) is 95.4 Å². The number of nitrogens with zero attached hydrogens (tertiary/aromatic N) is 2. The normalized spacial score (nSPS) is 11.3. The highest BCUT2D eigenvalue weighted by Crippen LogP contribution is 2.19. The summed E-state index contributed by atoms with van der Waals surface area (Å²) in [6.45, 7) is 0.648. The van der Waals surface area contributed by atoms with Gasteiger partial charge in [0.25, 0.3) is 0 Å². The number of rotatable bonds is 6. The highest BCUT2D eigenvalue weighted by molar-refractivity contribution is 5.80. The molecule has 3 aromatic heterocycles. The van der Waals surface area contributed by atoms with Gasteiger partial charge in [-0.3, -0.25) is 0 Å². The Morgan fingerprint density at radius 2 is 1.83 bits per heavy atom. The summed E-state index contributed by atoms with van der Waals surface area (Å²) in [5.41, 5.74) is 11.8. The first-order valence-corrected chi connectivity index (χ1v) is 9.72. The summed E-state index contributed by atoms with van der Waals surface area (Å²) in [7, 11) is 0. The molecule has 5 N–H and O–H groups in total. The van der Waals surface area contributed by atoms with Crippen molar-refractivity contribution in [2.75, 3.05) is 11.1 Å². The third-order valence-corrected chi connectivity index (χ3v) is 5.22. The van der Waals surface area contributed by atoms with Crippen LogP contribution in [0.4, 0.5) is 11.8 Å². The molecular weight excluding hydrogens is 360 g/mol. The van der Waals surface area contributed by atoms with E-state index in [1.807, 2.05) is 24.5 Å². The second-order valence-corrected chi connectivity index (χ2v) is 7.24. The van der Waals surface area contributed by atoms with Gasteiger partial charge < -0.3 is 21.0 Å². The van der Waals surface area contributed by atoms with E-state index < -0.39 is 0 Å². The van der Waals surface area contributed by atoms with Crippen LogP contribution in [0.5, 0.6) is 0 Å². The first-order valence-electron chi connectivity index (χ1n) is 9.72. The van der Waals surface area contributed by atoms with Gasteiger partial charge in [-0.25, -0.2) is 4.98 Å². The predicted molar refractivity (Wildman–Crippen MR) is 118 cm³/mol. The van der Waals surface area contributed by atoms with E-state index in [-0.39, 0.29) is 0 Å². The average Bonchev–Trinajstić information content (AvgIpc) is 3.37. The van der Waals surface area contributed by atoms with E-state index >= 15 is 0 Å². The van der Waals surface area contributed by atoms with Gasteiger partial charge >= 0.3 is 0 Å². The molecule has 5 aromatic rings. The Balaban J connectivity index is 1.23. The van der Waals surface area contributed by atoms with Crippen LogP contribution in [0.1, 0.15) is 16.8 Å². The molecule has 0 atom stereocenters. The number of hydrogen-bond acceptors (Lipinski definition) is 4. The molecule has 0 saturated heterocycles. The first-order chi connectivity index (χ1) is 14.2. The van der Waals surface area contributed by atoms with Crippen LogP contribution in [0.25, 0.3) is 21.8 Å². The van der Waals surface area contributed by atoms with Gasteiger partial charge in [-0.05, 0) is 59.5 Å². The number of nitrogen functional groups attached to an aromatic ring is 1. The lowest BCUT2D eigenvalue weighted by Crippen LogP contribution is -2.08. The number of aromatic amines is 2. The van der Waals surface area contributed by atoms with Crippen molar-refractivity contribution in [2.24, 2.45) is 0 Å². The number of nitrogens with one attached hydrogen (secondary N) is 3. The molecule has 29 heavy (non-hydrogen) atoms. The Hall–Kier alpha value is -3.80. The molecule has 144 valence electrons. The van der Waals surface area contributed by atoms with Crippen molar-refractivity contribution in [1.29, 1.82) is 0 Å². The van der Waals surface area contributed by atoms with Gasteiger partial charge in [0.15, 0.2) is 0 Å². The van der Waals surface area contributed by atoms with Crippen LogP contribution in [0, 0.1) is 0 Å². The summed E-state index contributed by atoms with van der Waals surface area (Å²) < 4.78 is 0. The van der Waals surface area contributed by atoms with Crippen LogP contribution in [0.2, 0.25) is 0 Å². The highest BCUT2D eigenvalue weighted by Gasteiger charge is 2.07. The molecule has 6 heteroatoms. The Morgan fingerprint density at radius 3 is 2.72 bits per heavy atom. The molecule has 3 heterocycles. The van der Waals surface area contributed by atoms with E-state index in [0.717, 1.165) is 29.4 Å². The standard InChI is InChI=1S/C23H22N6/c24-22-18(6-7-19-12-16-3-1-2-4-21(16)28-19)14-27-23(29-22)26-13-15-5-8-20-17(11-15)9-10-25-20/h1-5,8-12,14,25,28H,6-7,13H2,(H3,24,26,27,29). The number of para-hydroxylation sites is 1. The third-order valence-electron chi connectivity index (χ3n) is 5.22. The SMILES string of the molecule is Nc1nc(NCc2ccc3[nH]ccc3c2)ncc1CCc1cc2ccccc2[nH]1. The molecule has 0 fully saturated rings. The van der Waals surface area contributed by atoms with Crippen LogP contribution in [0.15, 0.2) is 67.0 Å². The minimum Gasteiger partial charge on any atom is -0.383 e. The Kier molecular flexibility index (Phi) is 4.37. The summed E-state index contributed by atoms with van der Waals surface area (Å²) in [5, 5.41) is 5.68. The number of aromatic nitrogens is 4. The zero-order valence-corrected chi connectivity index (χ0v) is 15.9. The van der Waals surface area contributed by atoms with Crippen LogP contribution >= 0.6 is 0 Å². The molecule has 6 nitrogen and oxygen atoms in total. The second-order valence-electron chi connectivity index (χ2n) is 7.24. The van der Waals surface area contributed by atoms with E-state index in [9.17, 15) is 0 Å². The summed E-state index contributed by atoms with van der Waals surface area (Å²) >= 11 is 0.